The smallest absolute Gasteiger partial charge is 0.270 e. The van der Waals surface area contributed by atoms with Crippen LogP contribution in [0.2, 0.25) is 5.02 Å². The zero-order valence-corrected chi connectivity index (χ0v) is 14.0. The molecule has 3 rings (SSSR count). The Kier molecular flexibility index (Phi) is 4.39. The molecular weight excluding hydrogens is 308 g/mol. The monoisotopic (exact) mass is 326 g/mol. The van der Waals surface area contributed by atoms with Gasteiger partial charge in [0.1, 0.15) is 5.69 Å². The number of aryl methyl sites for hydroxylation is 1. The van der Waals surface area contributed by atoms with Crippen LogP contribution in [0.5, 0.6) is 0 Å². The number of amides is 1. The lowest BCUT2D eigenvalue weighted by Crippen LogP contribution is -2.31. The van der Waals surface area contributed by atoms with Crippen molar-refractivity contribution in [1.82, 2.24) is 9.47 Å². The molecule has 0 aliphatic heterocycles. The lowest BCUT2D eigenvalue weighted by atomic mass is 10.2. The summed E-state index contributed by atoms with van der Waals surface area (Å²) in [5.41, 5.74) is 2.78. The van der Waals surface area contributed by atoms with Crippen molar-refractivity contribution in [1.29, 1.82) is 0 Å². The first-order valence-electron chi connectivity index (χ1n) is 7.68. The van der Waals surface area contributed by atoms with E-state index in [0.29, 0.717) is 23.8 Å². The second-order valence-electron chi connectivity index (χ2n) is 5.60. The Labute approximate surface area is 141 Å². The summed E-state index contributed by atoms with van der Waals surface area (Å²) in [6, 6.07) is 17.7. The summed E-state index contributed by atoms with van der Waals surface area (Å²) < 4.78 is 1.91. The zero-order chi connectivity index (χ0) is 16.4. The summed E-state index contributed by atoms with van der Waals surface area (Å²) in [6.45, 7) is 3.27. The van der Waals surface area contributed by atoms with Crippen LogP contribution < -0.4 is 0 Å². The Morgan fingerprint density at radius 3 is 2.57 bits per heavy atom. The normalized spacial score (nSPS) is 10.9. The Balaban J connectivity index is 1.93. The van der Waals surface area contributed by atoms with E-state index in [-0.39, 0.29) is 5.91 Å². The first kappa shape index (κ1) is 15.6. The van der Waals surface area contributed by atoms with Gasteiger partial charge in [0.2, 0.25) is 0 Å². The summed E-state index contributed by atoms with van der Waals surface area (Å²) in [5.74, 6) is 0.0335. The van der Waals surface area contributed by atoms with Gasteiger partial charge >= 0.3 is 0 Å². The van der Waals surface area contributed by atoms with E-state index in [4.69, 9.17) is 11.6 Å². The second kappa shape index (κ2) is 6.47. The molecule has 0 saturated heterocycles. The number of carbonyl (C=O) groups is 1. The molecule has 1 aromatic heterocycles. The van der Waals surface area contributed by atoms with E-state index in [9.17, 15) is 4.79 Å². The van der Waals surface area contributed by atoms with Crippen LogP contribution in [0.4, 0.5) is 0 Å². The van der Waals surface area contributed by atoms with Gasteiger partial charge in [-0.3, -0.25) is 4.79 Å². The quantitative estimate of drug-likeness (QED) is 0.693. The summed E-state index contributed by atoms with van der Waals surface area (Å²) in [4.78, 5) is 14.8. The van der Waals surface area contributed by atoms with Gasteiger partial charge < -0.3 is 9.47 Å². The van der Waals surface area contributed by atoms with Crippen molar-refractivity contribution in [3.8, 4) is 0 Å². The van der Waals surface area contributed by atoms with Gasteiger partial charge in [-0.25, -0.2) is 0 Å². The summed E-state index contributed by atoms with van der Waals surface area (Å²) in [6.07, 6.45) is 0. The minimum Gasteiger partial charge on any atom is -0.340 e. The van der Waals surface area contributed by atoms with Crippen molar-refractivity contribution in [2.75, 3.05) is 6.54 Å². The number of aromatic nitrogens is 1. The third kappa shape index (κ3) is 3.10. The van der Waals surface area contributed by atoms with E-state index in [1.807, 2.05) is 78.0 Å². The fourth-order valence-electron chi connectivity index (χ4n) is 2.80. The van der Waals surface area contributed by atoms with Crippen LogP contribution in [-0.2, 0) is 13.6 Å². The SMILES string of the molecule is CCN(Cc1ccccc1)C(=O)c1cc2ccc(Cl)cc2n1C. The highest BCUT2D eigenvalue weighted by atomic mass is 35.5. The maximum Gasteiger partial charge on any atom is 0.270 e. The maximum absolute atomic E-state index is 12.9. The third-order valence-corrected chi connectivity index (χ3v) is 4.35. The number of rotatable bonds is 4. The minimum absolute atomic E-state index is 0.0335. The first-order valence-corrected chi connectivity index (χ1v) is 8.06. The molecule has 0 fully saturated rings. The number of halogens is 1. The zero-order valence-electron chi connectivity index (χ0n) is 13.3. The molecule has 2 aromatic carbocycles. The molecule has 0 spiro atoms. The van der Waals surface area contributed by atoms with Crippen molar-refractivity contribution in [3.05, 3.63) is 70.9 Å². The molecule has 3 aromatic rings. The Hall–Kier alpha value is -2.26. The van der Waals surface area contributed by atoms with Crippen LogP contribution >= 0.6 is 11.6 Å². The first-order chi connectivity index (χ1) is 11.1. The highest BCUT2D eigenvalue weighted by Gasteiger charge is 2.19. The van der Waals surface area contributed by atoms with E-state index in [0.717, 1.165) is 16.5 Å². The van der Waals surface area contributed by atoms with Gasteiger partial charge in [-0.1, -0.05) is 48.0 Å². The van der Waals surface area contributed by atoms with Crippen LogP contribution in [0.1, 0.15) is 23.0 Å². The number of nitrogens with zero attached hydrogens (tertiary/aromatic N) is 2. The molecule has 23 heavy (non-hydrogen) atoms. The summed E-state index contributed by atoms with van der Waals surface area (Å²) in [7, 11) is 1.91. The van der Waals surface area contributed by atoms with E-state index >= 15 is 0 Å². The Morgan fingerprint density at radius 1 is 1.13 bits per heavy atom. The molecule has 3 nitrogen and oxygen atoms in total. The van der Waals surface area contributed by atoms with Gasteiger partial charge in [0.15, 0.2) is 0 Å². The fourth-order valence-corrected chi connectivity index (χ4v) is 2.97. The van der Waals surface area contributed by atoms with Gasteiger partial charge in [-0.2, -0.15) is 0 Å². The molecule has 4 heteroatoms. The van der Waals surface area contributed by atoms with Gasteiger partial charge in [0.05, 0.1) is 0 Å². The Bertz CT molecular complexity index is 839. The lowest BCUT2D eigenvalue weighted by Gasteiger charge is -2.21. The van der Waals surface area contributed by atoms with Crippen molar-refractivity contribution in [3.63, 3.8) is 0 Å². The average Bonchev–Trinajstić information content (AvgIpc) is 2.89. The number of hydrogen-bond donors (Lipinski definition) is 0. The molecular formula is C19H19ClN2O. The molecule has 1 heterocycles. The third-order valence-electron chi connectivity index (χ3n) is 4.11. The standard InChI is InChI=1S/C19H19ClN2O/c1-3-22(13-14-7-5-4-6-8-14)19(23)18-11-15-9-10-16(20)12-17(15)21(18)2/h4-12H,3,13H2,1-2H3. The molecule has 0 aliphatic rings. The minimum atomic E-state index is 0.0335. The van der Waals surface area contributed by atoms with E-state index in [1.165, 1.54) is 0 Å². The van der Waals surface area contributed by atoms with Gasteiger partial charge in [0.25, 0.3) is 5.91 Å². The molecule has 1 amide bonds. The fraction of sp³-hybridized carbons (Fsp3) is 0.211. The van der Waals surface area contributed by atoms with Crippen LogP contribution in [0, 0.1) is 0 Å². The second-order valence-corrected chi connectivity index (χ2v) is 6.03. The van der Waals surface area contributed by atoms with Crippen molar-refractivity contribution < 1.29 is 4.79 Å². The average molecular weight is 327 g/mol. The molecule has 118 valence electrons. The van der Waals surface area contributed by atoms with Gasteiger partial charge in [-0.05, 0) is 30.7 Å². The number of fused-ring (bicyclic) bond motifs is 1. The van der Waals surface area contributed by atoms with Crippen LogP contribution in [0.3, 0.4) is 0 Å². The highest BCUT2D eigenvalue weighted by Crippen LogP contribution is 2.23. The van der Waals surface area contributed by atoms with Crippen LogP contribution in [0.25, 0.3) is 10.9 Å². The topological polar surface area (TPSA) is 25.2 Å². The highest BCUT2D eigenvalue weighted by molar-refractivity contribution is 6.31. The molecule has 0 bridgehead atoms. The molecule has 0 radical (unpaired) electrons. The van der Waals surface area contributed by atoms with Gasteiger partial charge in [-0.15, -0.1) is 0 Å². The maximum atomic E-state index is 12.9. The van der Waals surface area contributed by atoms with Gasteiger partial charge in [0, 0.05) is 36.1 Å². The van der Waals surface area contributed by atoms with Crippen LogP contribution in [0.15, 0.2) is 54.6 Å². The van der Waals surface area contributed by atoms with Crippen LogP contribution in [-0.4, -0.2) is 21.9 Å². The summed E-state index contributed by atoms with van der Waals surface area (Å²) >= 11 is 6.07. The van der Waals surface area contributed by atoms with E-state index in [2.05, 4.69) is 0 Å². The number of hydrogen-bond acceptors (Lipinski definition) is 1. The van der Waals surface area contributed by atoms with E-state index in [1.54, 1.807) is 0 Å². The molecule has 0 saturated carbocycles. The van der Waals surface area contributed by atoms with Crippen molar-refractivity contribution in [2.24, 2.45) is 7.05 Å². The number of carbonyl (C=O) groups excluding carboxylic acids is 1. The predicted molar refractivity (Wildman–Crippen MR) is 94.8 cm³/mol. The largest absolute Gasteiger partial charge is 0.340 e. The Morgan fingerprint density at radius 2 is 1.87 bits per heavy atom. The lowest BCUT2D eigenvalue weighted by molar-refractivity contribution is 0.0743. The summed E-state index contributed by atoms with van der Waals surface area (Å²) in [5, 5.41) is 1.70. The number of benzene rings is 2. The predicted octanol–water partition coefficient (Wildman–Crippen LogP) is 4.49. The van der Waals surface area contributed by atoms with Crippen molar-refractivity contribution in [2.45, 2.75) is 13.5 Å². The molecule has 0 N–H and O–H groups in total. The van der Waals surface area contributed by atoms with Crippen molar-refractivity contribution >= 4 is 28.4 Å². The molecule has 0 unspecified atom stereocenters. The molecule has 0 atom stereocenters. The molecule has 0 aliphatic carbocycles. The van der Waals surface area contributed by atoms with E-state index < -0.39 is 0 Å².